The van der Waals surface area contributed by atoms with Crippen LogP contribution < -0.4 is 5.32 Å². The normalized spacial score (nSPS) is 11.8. The number of nitrogens with zero attached hydrogens (tertiary/aromatic N) is 2. The van der Waals surface area contributed by atoms with E-state index in [0.717, 1.165) is 15.7 Å². The number of nitrogens with one attached hydrogen (secondary N) is 1. The molecule has 2 aromatic rings. The van der Waals surface area contributed by atoms with Crippen LogP contribution in [0.2, 0.25) is 0 Å². The summed E-state index contributed by atoms with van der Waals surface area (Å²) >= 11 is 1.59. The average Bonchev–Trinajstić information content (AvgIpc) is 2.95. The minimum atomic E-state index is -3.14. The lowest BCUT2D eigenvalue weighted by molar-refractivity contribution is 0.597. The zero-order valence-electron chi connectivity index (χ0n) is 12.3. The minimum absolute atomic E-state index is 0.114. The molecule has 0 bridgehead atoms. The predicted octanol–water partition coefficient (Wildman–Crippen LogP) is 3.07. The Morgan fingerprint density at radius 1 is 1.19 bits per heavy atom. The maximum atomic E-state index is 11.7. The van der Waals surface area contributed by atoms with E-state index in [1.807, 2.05) is 0 Å². The summed E-state index contributed by atoms with van der Waals surface area (Å²) in [6.45, 7) is 6.41. The molecule has 0 aliphatic carbocycles. The van der Waals surface area contributed by atoms with Crippen LogP contribution in [0, 0.1) is 0 Å². The van der Waals surface area contributed by atoms with Crippen molar-refractivity contribution >= 4 is 26.9 Å². The van der Waals surface area contributed by atoms with Crippen LogP contribution in [0.5, 0.6) is 0 Å². The molecule has 1 N–H and O–H groups in total. The van der Waals surface area contributed by atoms with Crippen LogP contribution >= 0.6 is 11.3 Å². The van der Waals surface area contributed by atoms with E-state index in [1.54, 1.807) is 42.5 Å². The van der Waals surface area contributed by atoms with Crippen LogP contribution in [-0.2, 0) is 16.4 Å². The molecular formula is C14H19N3O2S2. The number of hydrogen-bond donors (Lipinski definition) is 1. The Kier molecular flexibility index (Phi) is 4.95. The summed E-state index contributed by atoms with van der Waals surface area (Å²) in [5.74, 6) is 0.498. The van der Waals surface area contributed by atoms with E-state index in [4.69, 9.17) is 0 Å². The smallest absolute Gasteiger partial charge is 0.178 e. The fraction of sp³-hybridized carbons (Fsp3) is 0.429. The fourth-order valence-corrected chi connectivity index (χ4v) is 3.36. The Bertz CT molecular complexity index is 691. The molecule has 114 valence electrons. The van der Waals surface area contributed by atoms with Gasteiger partial charge in [0.2, 0.25) is 0 Å². The van der Waals surface area contributed by atoms with Gasteiger partial charge in [-0.15, -0.1) is 10.2 Å². The van der Waals surface area contributed by atoms with Crippen molar-refractivity contribution < 1.29 is 8.42 Å². The highest BCUT2D eigenvalue weighted by Gasteiger charge is 2.11. The highest BCUT2D eigenvalue weighted by atomic mass is 32.2. The molecule has 0 unspecified atom stereocenters. The van der Waals surface area contributed by atoms with Crippen molar-refractivity contribution in [3.8, 4) is 0 Å². The highest BCUT2D eigenvalue weighted by molar-refractivity contribution is 7.91. The SMILES string of the molecule is CCS(=O)(=O)c1ccc(NCc2nnc(C(C)C)s2)cc1. The molecule has 0 aliphatic rings. The van der Waals surface area contributed by atoms with E-state index < -0.39 is 9.84 Å². The lowest BCUT2D eigenvalue weighted by Crippen LogP contribution is -2.04. The Morgan fingerprint density at radius 2 is 1.86 bits per heavy atom. The van der Waals surface area contributed by atoms with Crippen molar-refractivity contribution in [3.63, 3.8) is 0 Å². The van der Waals surface area contributed by atoms with E-state index in [2.05, 4.69) is 29.4 Å². The lowest BCUT2D eigenvalue weighted by Gasteiger charge is -2.05. The van der Waals surface area contributed by atoms with Crippen molar-refractivity contribution in [3.05, 3.63) is 34.3 Å². The maximum Gasteiger partial charge on any atom is 0.178 e. The van der Waals surface area contributed by atoms with Gasteiger partial charge in [0.25, 0.3) is 0 Å². The summed E-state index contributed by atoms with van der Waals surface area (Å²) in [7, 11) is -3.14. The first-order valence-corrected chi connectivity index (χ1v) is 9.28. The second kappa shape index (κ2) is 6.53. The van der Waals surface area contributed by atoms with Gasteiger partial charge in [-0.3, -0.25) is 0 Å². The minimum Gasteiger partial charge on any atom is -0.378 e. The standard InChI is InChI=1S/C14H19N3O2S2/c1-4-21(18,19)12-7-5-11(6-8-12)15-9-13-16-17-14(20-13)10(2)3/h5-8,10,15H,4,9H2,1-3H3. The summed E-state index contributed by atoms with van der Waals surface area (Å²) in [5.41, 5.74) is 0.867. The largest absolute Gasteiger partial charge is 0.378 e. The molecule has 0 radical (unpaired) electrons. The van der Waals surface area contributed by atoms with Crippen molar-refractivity contribution in [1.29, 1.82) is 0 Å². The van der Waals surface area contributed by atoms with Crippen molar-refractivity contribution in [1.82, 2.24) is 10.2 Å². The summed E-state index contributed by atoms with van der Waals surface area (Å²) in [5, 5.41) is 13.4. The lowest BCUT2D eigenvalue weighted by atomic mass is 10.2. The molecule has 21 heavy (non-hydrogen) atoms. The molecule has 2 rings (SSSR count). The molecule has 0 fully saturated rings. The number of hydrogen-bond acceptors (Lipinski definition) is 6. The van der Waals surface area contributed by atoms with Gasteiger partial charge in [-0.25, -0.2) is 8.42 Å². The topological polar surface area (TPSA) is 72.0 Å². The van der Waals surface area contributed by atoms with Gasteiger partial charge in [0.05, 0.1) is 17.2 Å². The van der Waals surface area contributed by atoms with Gasteiger partial charge in [0, 0.05) is 11.6 Å². The van der Waals surface area contributed by atoms with Gasteiger partial charge < -0.3 is 5.32 Å². The van der Waals surface area contributed by atoms with Crippen molar-refractivity contribution in [2.24, 2.45) is 0 Å². The molecule has 0 saturated heterocycles. The van der Waals surface area contributed by atoms with E-state index in [1.165, 1.54) is 0 Å². The summed E-state index contributed by atoms with van der Waals surface area (Å²) < 4.78 is 23.4. The van der Waals surface area contributed by atoms with Gasteiger partial charge in [-0.1, -0.05) is 32.1 Å². The van der Waals surface area contributed by atoms with Gasteiger partial charge in [-0.2, -0.15) is 0 Å². The number of rotatable bonds is 6. The van der Waals surface area contributed by atoms with Crippen LogP contribution in [0.3, 0.4) is 0 Å². The van der Waals surface area contributed by atoms with Crippen molar-refractivity contribution in [2.45, 2.75) is 38.1 Å². The molecule has 1 heterocycles. The Morgan fingerprint density at radius 3 is 2.38 bits per heavy atom. The molecule has 0 aliphatic heterocycles. The molecule has 7 heteroatoms. The number of aromatic nitrogens is 2. The predicted molar refractivity (Wildman–Crippen MR) is 85.5 cm³/mol. The Balaban J connectivity index is 2.00. The quantitative estimate of drug-likeness (QED) is 0.883. The van der Waals surface area contributed by atoms with Crippen molar-refractivity contribution in [2.75, 3.05) is 11.1 Å². The van der Waals surface area contributed by atoms with Gasteiger partial charge >= 0.3 is 0 Å². The van der Waals surface area contributed by atoms with Crippen LogP contribution in [0.1, 0.15) is 36.7 Å². The van der Waals surface area contributed by atoms with Gasteiger partial charge in [0.15, 0.2) is 9.84 Å². The first-order valence-electron chi connectivity index (χ1n) is 6.81. The van der Waals surface area contributed by atoms with E-state index in [0.29, 0.717) is 17.4 Å². The highest BCUT2D eigenvalue weighted by Crippen LogP contribution is 2.20. The molecule has 0 amide bonds. The first-order chi connectivity index (χ1) is 9.92. The third-order valence-corrected chi connectivity index (χ3v) is 5.99. The number of anilines is 1. The second-order valence-electron chi connectivity index (χ2n) is 4.97. The van der Waals surface area contributed by atoms with Gasteiger partial charge in [-0.05, 0) is 24.3 Å². The molecule has 0 spiro atoms. The van der Waals surface area contributed by atoms with Crippen LogP contribution in [0.4, 0.5) is 5.69 Å². The summed E-state index contributed by atoms with van der Waals surface area (Å²) in [6.07, 6.45) is 0. The molecular weight excluding hydrogens is 306 g/mol. The van der Waals surface area contributed by atoms with Crippen LogP contribution in [-0.4, -0.2) is 24.4 Å². The van der Waals surface area contributed by atoms with E-state index >= 15 is 0 Å². The Labute approximate surface area is 129 Å². The van der Waals surface area contributed by atoms with Crippen LogP contribution in [0.25, 0.3) is 0 Å². The molecule has 0 saturated carbocycles. The Hall–Kier alpha value is -1.47. The first kappa shape index (κ1) is 15.9. The van der Waals surface area contributed by atoms with E-state index in [9.17, 15) is 8.42 Å². The summed E-state index contributed by atoms with van der Waals surface area (Å²) in [6, 6.07) is 6.79. The molecule has 0 atom stereocenters. The summed E-state index contributed by atoms with van der Waals surface area (Å²) in [4.78, 5) is 0.355. The zero-order chi connectivity index (χ0) is 15.5. The number of benzene rings is 1. The second-order valence-corrected chi connectivity index (χ2v) is 8.34. The molecule has 1 aromatic carbocycles. The molecule has 1 aromatic heterocycles. The molecule has 5 nitrogen and oxygen atoms in total. The average molecular weight is 325 g/mol. The third kappa shape index (κ3) is 4.01. The monoisotopic (exact) mass is 325 g/mol. The maximum absolute atomic E-state index is 11.7. The van der Waals surface area contributed by atoms with Crippen LogP contribution in [0.15, 0.2) is 29.2 Å². The van der Waals surface area contributed by atoms with E-state index in [-0.39, 0.29) is 5.75 Å². The fourth-order valence-electron chi connectivity index (χ4n) is 1.70. The van der Waals surface area contributed by atoms with Gasteiger partial charge in [0.1, 0.15) is 10.0 Å². The zero-order valence-corrected chi connectivity index (χ0v) is 14.0. The number of sulfone groups is 1. The third-order valence-electron chi connectivity index (χ3n) is 3.01.